The van der Waals surface area contributed by atoms with E-state index < -0.39 is 21.8 Å². The van der Waals surface area contributed by atoms with Crippen LogP contribution in [0, 0.1) is 5.82 Å². The first-order valence-corrected chi connectivity index (χ1v) is 10.4. The fourth-order valence-electron chi connectivity index (χ4n) is 2.91. The number of carbonyl (C=O) groups excluding carboxylic acids is 1. The van der Waals surface area contributed by atoms with E-state index >= 15 is 0 Å². The lowest BCUT2D eigenvalue weighted by molar-refractivity contribution is 0.0468. The Bertz CT molecular complexity index is 942. The van der Waals surface area contributed by atoms with Gasteiger partial charge in [-0.3, -0.25) is 0 Å². The molecule has 0 unspecified atom stereocenters. The summed E-state index contributed by atoms with van der Waals surface area (Å²) in [4.78, 5) is 12.2. The second kappa shape index (κ2) is 8.37. The summed E-state index contributed by atoms with van der Waals surface area (Å²) in [5, 5.41) is 0.0474. The van der Waals surface area contributed by atoms with Gasteiger partial charge in [-0.15, -0.1) is 0 Å². The zero-order valence-corrected chi connectivity index (χ0v) is 16.1. The third-order valence-corrected chi connectivity index (χ3v) is 6.80. The Morgan fingerprint density at radius 1 is 1.11 bits per heavy atom. The predicted octanol–water partition coefficient (Wildman–Crippen LogP) is 4.01. The number of halogens is 2. The van der Waals surface area contributed by atoms with Crippen molar-refractivity contribution in [2.75, 3.05) is 13.1 Å². The third kappa shape index (κ3) is 4.48. The van der Waals surface area contributed by atoms with Crippen molar-refractivity contribution in [3.63, 3.8) is 0 Å². The average molecular weight is 412 g/mol. The van der Waals surface area contributed by atoms with E-state index in [2.05, 4.69) is 0 Å². The Morgan fingerprint density at radius 3 is 2.52 bits per heavy atom. The fraction of sp³-hybridized carbons (Fsp3) is 0.316. The van der Waals surface area contributed by atoms with Gasteiger partial charge in [0.25, 0.3) is 0 Å². The lowest BCUT2D eigenvalue weighted by Crippen LogP contribution is -2.35. The molecule has 0 radical (unpaired) electrons. The highest BCUT2D eigenvalue weighted by Gasteiger charge is 2.29. The van der Waals surface area contributed by atoms with Gasteiger partial charge in [0, 0.05) is 18.7 Å². The van der Waals surface area contributed by atoms with Crippen LogP contribution in [0.1, 0.15) is 35.2 Å². The largest absolute Gasteiger partial charge is 0.457 e. The molecule has 0 bridgehead atoms. The molecule has 0 atom stereocenters. The van der Waals surface area contributed by atoms with Crippen molar-refractivity contribution in [1.29, 1.82) is 0 Å². The van der Waals surface area contributed by atoms with Gasteiger partial charge >= 0.3 is 5.97 Å². The molecule has 3 rings (SSSR count). The van der Waals surface area contributed by atoms with Gasteiger partial charge < -0.3 is 4.74 Å². The fourth-order valence-corrected chi connectivity index (χ4v) is 4.93. The number of hydrogen-bond donors (Lipinski definition) is 0. The zero-order valence-electron chi connectivity index (χ0n) is 14.5. The minimum absolute atomic E-state index is 0.0474. The van der Waals surface area contributed by atoms with E-state index in [1.165, 1.54) is 40.7 Å². The smallest absolute Gasteiger partial charge is 0.338 e. The van der Waals surface area contributed by atoms with Crippen molar-refractivity contribution in [2.24, 2.45) is 0 Å². The van der Waals surface area contributed by atoms with Crippen LogP contribution in [0.2, 0.25) is 5.02 Å². The van der Waals surface area contributed by atoms with Crippen LogP contribution in [0.5, 0.6) is 0 Å². The molecule has 5 nitrogen and oxygen atoms in total. The number of nitrogens with zero attached hydrogens (tertiary/aromatic N) is 1. The second-order valence-corrected chi connectivity index (χ2v) is 8.59. The molecule has 1 aliphatic rings. The molecule has 2 aromatic carbocycles. The number of hydrogen-bond acceptors (Lipinski definition) is 4. The van der Waals surface area contributed by atoms with Crippen LogP contribution < -0.4 is 0 Å². The highest BCUT2D eigenvalue weighted by Crippen LogP contribution is 2.28. The van der Waals surface area contributed by atoms with Crippen molar-refractivity contribution in [3.05, 3.63) is 64.4 Å². The Balaban J connectivity index is 1.80. The van der Waals surface area contributed by atoms with Gasteiger partial charge in [-0.25, -0.2) is 17.6 Å². The van der Waals surface area contributed by atoms with E-state index in [0.717, 1.165) is 19.3 Å². The van der Waals surface area contributed by atoms with Gasteiger partial charge in [-0.05, 0) is 37.1 Å². The van der Waals surface area contributed by atoms with E-state index in [1.54, 1.807) is 6.07 Å². The van der Waals surface area contributed by atoms with Crippen LogP contribution in [0.4, 0.5) is 4.39 Å². The van der Waals surface area contributed by atoms with Crippen LogP contribution in [-0.2, 0) is 21.4 Å². The topological polar surface area (TPSA) is 63.7 Å². The molecule has 0 aliphatic carbocycles. The average Bonchev–Trinajstić information content (AvgIpc) is 2.68. The summed E-state index contributed by atoms with van der Waals surface area (Å²) in [6, 6.07) is 9.93. The van der Waals surface area contributed by atoms with Gasteiger partial charge in [0.15, 0.2) is 0 Å². The van der Waals surface area contributed by atoms with Crippen LogP contribution >= 0.6 is 11.6 Å². The predicted molar refractivity (Wildman–Crippen MR) is 99.6 cm³/mol. The Hall–Kier alpha value is -1.96. The maximum Gasteiger partial charge on any atom is 0.338 e. The molecule has 144 valence electrons. The standard InChI is InChI=1S/C19H19ClFNO4S/c20-16-9-8-14(19(23)26-13-15-6-2-3-7-17(15)21)12-18(16)27(24,25)22-10-4-1-5-11-22/h2-3,6-9,12H,1,4-5,10-11,13H2. The molecule has 8 heteroatoms. The lowest BCUT2D eigenvalue weighted by Gasteiger charge is -2.26. The highest BCUT2D eigenvalue weighted by molar-refractivity contribution is 7.89. The molecule has 0 saturated carbocycles. The lowest BCUT2D eigenvalue weighted by atomic mass is 10.2. The minimum Gasteiger partial charge on any atom is -0.457 e. The SMILES string of the molecule is O=C(OCc1ccccc1F)c1ccc(Cl)c(S(=O)(=O)N2CCCCC2)c1. The number of esters is 1. The second-order valence-electron chi connectivity index (χ2n) is 6.28. The number of carbonyl (C=O) groups is 1. The maximum atomic E-state index is 13.6. The minimum atomic E-state index is -3.79. The van der Waals surface area contributed by atoms with Crippen molar-refractivity contribution in [3.8, 4) is 0 Å². The molecule has 1 heterocycles. The van der Waals surface area contributed by atoms with Crippen molar-refractivity contribution in [1.82, 2.24) is 4.31 Å². The van der Waals surface area contributed by atoms with E-state index in [0.29, 0.717) is 13.1 Å². The van der Waals surface area contributed by atoms with Gasteiger partial charge in [-0.2, -0.15) is 4.31 Å². The summed E-state index contributed by atoms with van der Waals surface area (Å²) < 4.78 is 45.8. The molecular weight excluding hydrogens is 393 g/mol. The first-order chi connectivity index (χ1) is 12.9. The molecule has 0 N–H and O–H groups in total. The maximum absolute atomic E-state index is 13.6. The Morgan fingerprint density at radius 2 is 1.81 bits per heavy atom. The molecule has 0 amide bonds. The summed E-state index contributed by atoms with van der Waals surface area (Å²) in [6.45, 7) is 0.615. The van der Waals surface area contributed by atoms with Crippen molar-refractivity contribution >= 4 is 27.6 Å². The molecular formula is C19H19ClFNO4S. The number of piperidine rings is 1. The molecule has 1 fully saturated rings. The van der Waals surface area contributed by atoms with Gasteiger partial charge in [0.1, 0.15) is 17.3 Å². The Kier molecular flexibility index (Phi) is 6.14. The number of benzene rings is 2. The zero-order chi connectivity index (χ0) is 19.4. The number of sulfonamides is 1. The van der Waals surface area contributed by atoms with Crippen molar-refractivity contribution in [2.45, 2.75) is 30.8 Å². The molecule has 0 spiro atoms. The Labute approximate surface area is 162 Å². The van der Waals surface area contributed by atoms with Crippen LogP contribution in [0.15, 0.2) is 47.4 Å². The summed E-state index contributed by atoms with van der Waals surface area (Å²) in [5.74, 6) is -1.22. The van der Waals surface area contributed by atoms with E-state index in [9.17, 15) is 17.6 Å². The first-order valence-electron chi connectivity index (χ1n) is 8.60. The van der Waals surface area contributed by atoms with Gasteiger partial charge in [-0.1, -0.05) is 36.2 Å². The quantitative estimate of drug-likeness (QED) is 0.697. The van der Waals surface area contributed by atoms with Crippen LogP contribution in [0.25, 0.3) is 0 Å². The van der Waals surface area contributed by atoms with E-state index in [-0.39, 0.29) is 27.7 Å². The summed E-state index contributed by atoms with van der Waals surface area (Å²) in [6.07, 6.45) is 2.57. The highest BCUT2D eigenvalue weighted by atomic mass is 35.5. The third-order valence-electron chi connectivity index (χ3n) is 4.42. The molecule has 0 aromatic heterocycles. The molecule has 27 heavy (non-hydrogen) atoms. The number of rotatable bonds is 5. The van der Waals surface area contributed by atoms with Crippen molar-refractivity contribution < 1.29 is 22.3 Å². The number of ether oxygens (including phenoxy) is 1. The molecule has 1 aliphatic heterocycles. The summed E-state index contributed by atoms with van der Waals surface area (Å²) in [7, 11) is -3.79. The summed E-state index contributed by atoms with van der Waals surface area (Å²) >= 11 is 6.09. The van der Waals surface area contributed by atoms with E-state index in [1.807, 2.05) is 0 Å². The molecule has 1 saturated heterocycles. The van der Waals surface area contributed by atoms with E-state index in [4.69, 9.17) is 16.3 Å². The van der Waals surface area contributed by atoms with Gasteiger partial charge in [0.2, 0.25) is 10.0 Å². The normalized spacial score (nSPS) is 15.5. The summed E-state index contributed by atoms with van der Waals surface area (Å²) in [5.41, 5.74) is 0.285. The van der Waals surface area contributed by atoms with Gasteiger partial charge in [0.05, 0.1) is 10.6 Å². The van der Waals surface area contributed by atoms with Crippen LogP contribution in [-0.4, -0.2) is 31.8 Å². The molecule has 2 aromatic rings. The van der Waals surface area contributed by atoms with Crippen LogP contribution in [0.3, 0.4) is 0 Å². The first kappa shape index (κ1) is 19.8. The monoisotopic (exact) mass is 411 g/mol.